The van der Waals surface area contributed by atoms with Crippen molar-refractivity contribution in [2.75, 3.05) is 11.9 Å². The van der Waals surface area contributed by atoms with E-state index in [2.05, 4.69) is 41.7 Å². The number of alkyl halides is 3. The SMILES string of the molecule is O=C(N[C@H]1CC[C@@H](CNc2cc(C(F)(F)F)nc3ccc(Cl)cc23)CC1)c1cc(Br)c2cn[nH]c2c1. The Kier molecular flexibility index (Phi) is 6.82. The Balaban J connectivity index is 1.21. The molecule has 0 aliphatic heterocycles. The molecule has 188 valence electrons. The maximum Gasteiger partial charge on any atom is 0.433 e. The van der Waals surface area contributed by atoms with E-state index < -0.39 is 11.9 Å². The first-order chi connectivity index (χ1) is 17.2. The third kappa shape index (κ3) is 5.29. The fourth-order valence-electron chi connectivity index (χ4n) is 4.66. The molecule has 5 rings (SSSR count). The van der Waals surface area contributed by atoms with E-state index in [0.29, 0.717) is 28.2 Å². The maximum absolute atomic E-state index is 13.4. The Morgan fingerprint density at radius 3 is 2.64 bits per heavy atom. The molecule has 3 N–H and O–H groups in total. The number of benzene rings is 2. The van der Waals surface area contributed by atoms with Gasteiger partial charge in [0.1, 0.15) is 5.69 Å². The van der Waals surface area contributed by atoms with E-state index in [1.165, 1.54) is 12.1 Å². The summed E-state index contributed by atoms with van der Waals surface area (Å²) in [5, 5.41) is 15.1. The lowest BCUT2D eigenvalue weighted by Crippen LogP contribution is -2.38. The van der Waals surface area contributed by atoms with Gasteiger partial charge in [0.25, 0.3) is 5.91 Å². The standard InChI is InChI=1S/C25H22BrClF3N5O/c26-19-7-14(8-22-18(19)12-32-35-22)24(36)33-16-4-1-13(2-5-16)11-31-21-10-23(25(28,29)30)34-20-6-3-15(27)9-17(20)21/h3,6-10,12-13,16H,1-2,4-5,11H2,(H,31,34)(H,32,35)(H,33,36)/t13-,16+. The van der Waals surface area contributed by atoms with Crippen molar-refractivity contribution in [2.24, 2.45) is 5.92 Å². The molecule has 0 radical (unpaired) electrons. The first-order valence-electron chi connectivity index (χ1n) is 11.5. The second-order valence-corrected chi connectivity index (χ2v) is 10.4. The molecule has 1 aliphatic rings. The summed E-state index contributed by atoms with van der Waals surface area (Å²) in [5.41, 5.74) is 0.994. The highest BCUT2D eigenvalue weighted by atomic mass is 79.9. The number of H-pyrrole nitrogens is 1. The van der Waals surface area contributed by atoms with Crippen LogP contribution in [0.15, 0.2) is 47.1 Å². The van der Waals surface area contributed by atoms with Crippen LogP contribution in [0.3, 0.4) is 0 Å². The van der Waals surface area contributed by atoms with Crippen LogP contribution in [0.25, 0.3) is 21.8 Å². The number of nitrogens with zero attached hydrogens (tertiary/aromatic N) is 2. The third-order valence-corrected chi connectivity index (χ3v) is 7.49. The lowest BCUT2D eigenvalue weighted by molar-refractivity contribution is -0.140. The molecule has 0 unspecified atom stereocenters. The molecule has 0 bridgehead atoms. The number of aromatic amines is 1. The van der Waals surface area contributed by atoms with Crippen LogP contribution < -0.4 is 10.6 Å². The van der Waals surface area contributed by atoms with Gasteiger partial charge in [-0.3, -0.25) is 9.89 Å². The number of hydrogen-bond donors (Lipinski definition) is 3. The van der Waals surface area contributed by atoms with E-state index in [1.807, 2.05) is 0 Å². The largest absolute Gasteiger partial charge is 0.433 e. The van der Waals surface area contributed by atoms with Crippen molar-refractivity contribution in [3.8, 4) is 0 Å². The fraction of sp³-hybridized carbons (Fsp3) is 0.320. The molecule has 1 amide bonds. The van der Waals surface area contributed by atoms with E-state index in [9.17, 15) is 18.0 Å². The van der Waals surface area contributed by atoms with Gasteiger partial charge in [0.2, 0.25) is 0 Å². The molecule has 0 atom stereocenters. The van der Waals surface area contributed by atoms with Crippen LogP contribution in [-0.2, 0) is 6.18 Å². The first-order valence-corrected chi connectivity index (χ1v) is 12.7. The molecule has 2 heterocycles. The number of fused-ring (bicyclic) bond motifs is 2. The predicted octanol–water partition coefficient (Wildman–Crippen LogP) is 6.95. The summed E-state index contributed by atoms with van der Waals surface area (Å²) in [4.78, 5) is 16.6. The van der Waals surface area contributed by atoms with Gasteiger partial charge in [0.05, 0.1) is 17.2 Å². The zero-order valence-electron chi connectivity index (χ0n) is 18.9. The Hall–Kier alpha value is -2.85. The summed E-state index contributed by atoms with van der Waals surface area (Å²) >= 11 is 9.56. The third-order valence-electron chi connectivity index (χ3n) is 6.59. The number of rotatable bonds is 5. The number of hydrogen-bond acceptors (Lipinski definition) is 4. The zero-order valence-corrected chi connectivity index (χ0v) is 21.3. The number of halogens is 5. The van der Waals surface area contributed by atoms with Gasteiger partial charge in [0.15, 0.2) is 0 Å². The minimum absolute atomic E-state index is 0.0439. The van der Waals surface area contributed by atoms with Gasteiger partial charge in [0, 0.05) is 44.1 Å². The topological polar surface area (TPSA) is 82.7 Å². The van der Waals surface area contributed by atoms with E-state index in [4.69, 9.17) is 11.6 Å². The number of carbonyl (C=O) groups is 1. The summed E-state index contributed by atoms with van der Waals surface area (Å²) in [6, 6.07) is 9.29. The predicted molar refractivity (Wildman–Crippen MR) is 137 cm³/mol. The fourth-order valence-corrected chi connectivity index (χ4v) is 5.40. The molecule has 0 saturated heterocycles. The van der Waals surface area contributed by atoms with Crippen molar-refractivity contribution in [2.45, 2.75) is 37.9 Å². The molecule has 1 fully saturated rings. The Labute approximate surface area is 218 Å². The highest BCUT2D eigenvalue weighted by molar-refractivity contribution is 9.10. The highest BCUT2D eigenvalue weighted by Gasteiger charge is 2.33. The lowest BCUT2D eigenvalue weighted by atomic mass is 9.85. The van der Waals surface area contributed by atoms with Crippen LogP contribution in [-0.4, -0.2) is 33.7 Å². The second-order valence-electron chi connectivity index (χ2n) is 9.08. The minimum Gasteiger partial charge on any atom is -0.384 e. The Morgan fingerprint density at radius 1 is 1.11 bits per heavy atom. The molecule has 36 heavy (non-hydrogen) atoms. The molecule has 1 saturated carbocycles. The summed E-state index contributed by atoms with van der Waals surface area (Å²) in [5.74, 6) is 0.124. The minimum atomic E-state index is -4.54. The van der Waals surface area contributed by atoms with Crippen molar-refractivity contribution in [1.29, 1.82) is 0 Å². The van der Waals surface area contributed by atoms with Crippen molar-refractivity contribution in [3.05, 3.63) is 63.3 Å². The Bertz CT molecular complexity index is 1430. The lowest BCUT2D eigenvalue weighted by Gasteiger charge is -2.29. The number of pyridine rings is 1. The number of aromatic nitrogens is 3. The van der Waals surface area contributed by atoms with Gasteiger partial charge < -0.3 is 10.6 Å². The first kappa shape index (κ1) is 24.8. The smallest absolute Gasteiger partial charge is 0.384 e. The van der Waals surface area contributed by atoms with Crippen molar-refractivity contribution in [3.63, 3.8) is 0 Å². The van der Waals surface area contributed by atoms with Crippen LogP contribution in [0.5, 0.6) is 0 Å². The second kappa shape index (κ2) is 9.89. The summed E-state index contributed by atoms with van der Waals surface area (Å²) in [6.45, 7) is 0.521. The van der Waals surface area contributed by atoms with Crippen molar-refractivity contribution >= 4 is 60.9 Å². The maximum atomic E-state index is 13.4. The van der Waals surface area contributed by atoms with Gasteiger partial charge in [-0.15, -0.1) is 0 Å². The summed E-state index contributed by atoms with van der Waals surface area (Å²) in [7, 11) is 0. The average molecular weight is 581 g/mol. The van der Waals surface area contributed by atoms with Gasteiger partial charge in [-0.1, -0.05) is 27.5 Å². The normalized spacial score (nSPS) is 18.5. The summed E-state index contributed by atoms with van der Waals surface area (Å²) in [6.07, 6.45) is 0.431. The van der Waals surface area contributed by atoms with Crippen molar-refractivity contribution in [1.82, 2.24) is 20.5 Å². The quantitative estimate of drug-likeness (QED) is 0.239. The van der Waals surface area contributed by atoms with Crippen molar-refractivity contribution < 1.29 is 18.0 Å². The molecule has 2 aromatic heterocycles. The number of carbonyl (C=O) groups excluding carboxylic acids is 1. The van der Waals surface area contributed by atoms with Crippen LogP contribution in [0, 0.1) is 5.92 Å². The molecule has 0 spiro atoms. The molecule has 6 nitrogen and oxygen atoms in total. The van der Waals surface area contributed by atoms with E-state index in [0.717, 1.165) is 47.1 Å². The number of nitrogens with one attached hydrogen (secondary N) is 3. The monoisotopic (exact) mass is 579 g/mol. The molecule has 11 heteroatoms. The zero-order chi connectivity index (χ0) is 25.4. The molecular weight excluding hydrogens is 559 g/mol. The molecule has 4 aromatic rings. The van der Waals surface area contributed by atoms with E-state index >= 15 is 0 Å². The van der Waals surface area contributed by atoms with Gasteiger partial charge in [-0.05, 0) is 68.0 Å². The van der Waals surface area contributed by atoms with Crippen LogP contribution in [0.1, 0.15) is 41.7 Å². The molecule has 2 aromatic carbocycles. The highest BCUT2D eigenvalue weighted by Crippen LogP contribution is 2.35. The number of anilines is 1. The number of amides is 1. The van der Waals surface area contributed by atoms with Crippen LogP contribution in [0.2, 0.25) is 5.02 Å². The average Bonchev–Trinajstić information content (AvgIpc) is 3.32. The van der Waals surface area contributed by atoms with Gasteiger partial charge >= 0.3 is 6.18 Å². The molecular formula is C25H22BrClF3N5O. The Morgan fingerprint density at radius 2 is 1.89 bits per heavy atom. The van der Waals surface area contributed by atoms with E-state index in [1.54, 1.807) is 24.4 Å². The summed E-state index contributed by atoms with van der Waals surface area (Å²) < 4.78 is 40.9. The van der Waals surface area contributed by atoms with Crippen LogP contribution >= 0.6 is 27.5 Å². The molecule has 1 aliphatic carbocycles. The van der Waals surface area contributed by atoms with Gasteiger partial charge in [-0.2, -0.15) is 18.3 Å². The van der Waals surface area contributed by atoms with Gasteiger partial charge in [-0.25, -0.2) is 4.98 Å². The van der Waals surface area contributed by atoms with Crippen LogP contribution in [0.4, 0.5) is 18.9 Å². The van der Waals surface area contributed by atoms with E-state index in [-0.39, 0.29) is 23.4 Å².